The second-order valence-electron chi connectivity index (χ2n) is 7.73. The van der Waals surface area contributed by atoms with Gasteiger partial charge in [0.15, 0.2) is 0 Å². The smallest absolute Gasteiger partial charge is 0.243 e. The summed E-state index contributed by atoms with van der Waals surface area (Å²) in [4.78, 5) is 28.5. The Morgan fingerprint density at radius 1 is 1.23 bits per heavy atom. The minimum absolute atomic E-state index is 0.120. The summed E-state index contributed by atoms with van der Waals surface area (Å²) in [5.41, 5.74) is 1.70. The number of nitrogens with zero attached hydrogens (tertiary/aromatic N) is 4. The van der Waals surface area contributed by atoms with Gasteiger partial charge in [0.25, 0.3) is 0 Å². The van der Waals surface area contributed by atoms with Gasteiger partial charge >= 0.3 is 0 Å². The number of carbonyl (C=O) groups is 1. The van der Waals surface area contributed by atoms with E-state index in [0.717, 1.165) is 53.7 Å². The van der Waals surface area contributed by atoms with Crippen molar-refractivity contribution in [2.75, 3.05) is 50.1 Å². The third-order valence-electron chi connectivity index (χ3n) is 5.39. The first-order chi connectivity index (χ1) is 14.9. The van der Waals surface area contributed by atoms with Crippen LogP contribution in [0.2, 0.25) is 0 Å². The predicted molar refractivity (Wildman–Crippen MR) is 121 cm³/mol. The number of ether oxygens (including phenoxy) is 1. The molecule has 0 bridgehead atoms. The molecule has 0 unspecified atom stereocenters. The van der Waals surface area contributed by atoms with Gasteiger partial charge in [0, 0.05) is 30.7 Å². The summed E-state index contributed by atoms with van der Waals surface area (Å²) in [6.07, 6.45) is 0. The van der Waals surface area contributed by atoms with E-state index in [0.29, 0.717) is 12.2 Å². The van der Waals surface area contributed by atoms with E-state index in [-0.39, 0.29) is 18.3 Å². The van der Waals surface area contributed by atoms with Crippen LogP contribution >= 0.6 is 11.3 Å². The highest BCUT2D eigenvalue weighted by molar-refractivity contribution is 7.18. The van der Waals surface area contributed by atoms with Gasteiger partial charge in [-0.25, -0.2) is 14.4 Å². The number of halogens is 1. The maximum atomic E-state index is 13.1. The number of hydrogen-bond donors (Lipinski definition) is 1. The number of benzene rings is 1. The van der Waals surface area contributed by atoms with Crippen LogP contribution in [0.5, 0.6) is 0 Å². The number of anilines is 2. The Kier molecular flexibility index (Phi) is 6.45. The van der Waals surface area contributed by atoms with Gasteiger partial charge in [0.1, 0.15) is 22.3 Å². The maximum Gasteiger partial charge on any atom is 0.243 e. The molecule has 0 spiro atoms. The molecule has 9 heteroatoms. The number of aromatic nitrogens is 2. The second kappa shape index (κ2) is 9.25. The second-order valence-corrected chi connectivity index (χ2v) is 8.93. The number of rotatable bonds is 6. The van der Waals surface area contributed by atoms with Crippen molar-refractivity contribution in [1.29, 1.82) is 0 Å². The number of nitrogens with one attached hydrogen (secondary N) is 1. The molecular weight excluding hydrogens is 417 g/mol. The first-order valence-electron chi connectivity index (χ1n) is 10.2. The fraction of sp³-hybridized carbons (Fsp3) is 0.409. The van der Waals surface area contributed by atoms with Crippen molar-refractivity contribution in [1.82, 2.24) is 14.9 Å². The topological polar surface area (TPSA) is 70.6 Å². The Labute approximate surface area is 184 Å². The molecule has 2 aromatic heterocycles. The van der Waals surface area contributed by atoms with E-state index < -0.39 is 0 Å². The fourth-order valence-corrected chi connectivity index (χ4v) is 4.64. The summed E-state index contributed by atoms with van der Waals surface area (Å²) in [6.45, 7) is 8.06. The average Bonchev–Trinajstić information content (AvgIpc) is 3.03. The predicted octanol–water partition coefficient (Wildman–Crippen LogP) is 3.35. The molecule has 7 nitrogen and oxygen atoms in total. The molecule has 0 aliphatic carbocycles. The Bertz CT molecular complexity index is 1080. The number of likely N-dealkylation sites (N-methyl/N-ethyl adjacent to an activating group) is 1. The zero-order valence-corrected chi connectivity index (χ0v) is 18.8. The number of amides is 1. The first-order valence-corrected chi connectivity index (χ1v) is 11.1. The highest BCUT2D eigenvalue weighted by atomic mass is 32.1. The lowest BCUT2D eigenvalue weighted by Gasteiger charge is -2.26. The molecule has 0 atom stereocenters. The Morgan fingerprint density at radius 3 is 2.65 bits per heavy atom. The molecule has 31 heavy (non-hydrogen) atoms. The van der Waals surface area contributed by atoms with Crippen molar-refractivity contribution >= 4 is 39.0 Å². The summed E-state index contributed by atoms with van der Waals surface area (Å²) in [7, 11) is 1.86. The normalized spacial score (nSPS) is 14.7. The molecule has 164 valence electrons. The summed E-state index contributed by atoms with van der Waals surface area (Å²) in [6, 6.07) is 5.73. The SMILES string of the molecule is Cc1sc2nc(CN3CCOCC3)nc(N(C)CC(=O)Nc3ccc(F)cc3)c2c1C. The van der Waals surface area contributed by atoms with Gasteiger partial charge in [-0.05, 0) is 43.7 Å². The van der Waals surface area contributed by atoms with Crippen LogP contribution in [-0.2, 0) is 16.1 Å². The number of carbonyl (C=O) groups excluding carboxylic acids is 1. The van der Waals surface area contributed by atoms with E-state index in [2.05, 4.69) is 24.1 Å². The van der Waals surface area contributed by atoms with Crippen LogP contribution in [0.3, 0.4) is 0 Å². The Balaban J connectivity index is 1.57. The molecule has 1 aromatic carbocycles. The van der Waals surface area contributed by atoms with Gasteiger partial charge in [-0.2, -0.15) is 0 Å². The van der Waals surface area contributed by atoms with Crippen molar-refractivity contribution in [2.45, 2.75) is 20.4 Å². The lowest BCUT2D eigenvalue weighted by atomic mass is 10.2. The number of morpholine rings is 1. The van der Waals surface area contributed by atoms with Crippen molar-refractivity contribution in [3.8, 4) is 0 Å². The van der Waals surface area contributed by atoms with Crippen LogP contribution in [-0.4, -0.2) is 60.7 Å². The zero-order valence-electron chi connectivity index (χ0n) is 17.9. The van der Waals surface area contributed by atoms with Gasteiger partial charge < -0.3 is 15.0 Å². The molecule has 1 amide bonds. The number of thiophene rings is 1. The molecule has 1 saturated heterocycles. The Morgan fingerprint density at radius 2 is 1.94 bits per heavy atom. The van der Waals surface area contributed by atoms with Gasteiger partial charge in [-0.1, -0.05) is 0 Å². The molecule has 3 aromatic rings. The van der Waals surface area contributed by atoms with Gasteiger partial charge in [0.05, 0.1) is 31.7 Å². The average molecular weight is 444 g/mol. The number of fused-ring (bicyclic) bond motifs is 1. The van der Waals surface area contributed by atoms with Crippen LogP contribution in [0.25, 0.3) is 10.2 Å². The Hall–Kier alpha value is -2.62. The number of aryl methyl sites for hydroxylation is 2. The van der Waals surface area contributed by atoms with Crippen LogP contribution in [0.4, 0.5) is 15.9 Å². The zero-order chi connectivity index (χ0) is 22.0. The van der Waals surface area contributed by atoms with Crippen LogP contribution in [0.1, 0.15) is 16.3 Å². The number of hydrogen-bond acceptors (Lipinski definition) is 7. The van der Waals surface area contributed by atoms with E-state index in [1.807, 2.05) is 11.9 Å². The maximum absolute atomic E-state index is 13.1. The van der Waals surface area contributed by atoms with Crippen LogP contribution in [0, 0.1) is 19.7 Å². The molecular formula is C22H26FN5O2S. The summed E-state index contributed by atoms with van der Waals surface area (Å²) < 4.78 is 18.5. The van der Waals surface area contributed by atoms with Crippen molar-refractivity contribution in [3.63, 3.8) is 0 Å². The van der Waals surface area contributed by atoms with E-state index in [9.17, 15) is 9.18 Å². The molecule has 3 heterocycles. The van der Waals surface area contributed by atoms with Crippen LogP contribution < -0.4 is 10.2 Å². The molecule has 0 radical (unpaired) electrons. The van der Waals surface area contributed by atoms with E-state index in [4.69, 9.17) is 14.7 Å². The van der Waals surface area contributed by atoms with E-state index in [1.165, 1.54) is 17.0 Å². The lowest BCUT2D eigenvalue weighted by molar-refractivity contribution is -0.114. The molecule has 1 aliphatic rings. The monoisotopic (exact) mass is 443 g/mol. The quantitative estimate of drug-likeness (QED) is 0.630. The standard InChI is InChI=1S/C22H26FN5O2S/c1-14-15(2)31-22-20(14)21(25-18(26-22)12-28-8-10-30-11-9-28)27(3)13-19(29)24-17-6-4-16(23)5-7-17/h4-7H,8-13H2,1-3H3,(H,24,29). The van der Waals surface area contributed by atoms with E-state index >= 15 is 0 Å². The molecule has 1 aliphatic heterocycles. The van der Waals surface area contributed by atoms with Gasteiger partial charge in [-0.15, -0.1) is 11.3 Å². The van der Waals surface area contributed by atoms with Crippen molar-refractivity contribution in [2.24, 2.45) is 0 Å². The summed E-state index contributed by atoms with van der Waals surface area (Å²) in [5.74, 6) is 0.968. The third-order valence-corrected chi connectivity index (χ3v) is 6.50. The summed E-state index contributed by atoms with van der Waals surface area (Å²) >= 11 is 1.65. The largest absolute Gasteiger partial charge is 0.379 e. The highest BCUT2D eigenvalue weighted by Crippen LogP contribution is 2.34. The van der Waals surface area contributed by atoms with Crippen molar-refractivity contribution in [3.05, 3.63) is 46.3 Å². The van der Waals surface area contributed by atoms with E-state index in [1.54, 1.807) is 23.5 Å². The van der Waals surface area contributed by atoms with Gasteiger partial charge in [0.2, 0.25) is 5.91 Å². The van der Waals surface area contributed by atoms with Gasteiger partial charge in [-0.3, -0.25) is 9.69 Å². The fourth-order valence-electron chi connectivity index (χ4n) is 3.60. The first kappa shape index (κ1) is 21.6. The lowest BCUT2D eigenvalue weighted by Crippen LogP contribution is -2.36. The summed E-state index contributed by atoms with van der Waals surface area (Å²) in [5, 5.41) is 3.80. The molecule has 1 N–H and O–H groups in total. The third kappa shape index (κ3) is 5.00. The van der Waals surface area contributed by atoms with Crippen LogP contribution in [0.15, 0.2) is 24.3 Å². The van der Waals surface area contributed by atoms with Crippen molar-refractivity contribution < 1.29 is 13.9 Å². The highest BCUT2D eigenvalue weighted by Gasteiger charge is 2.20. The minimum atomic E-state index is -0.338. The molecule has 0 saturated carbocycles. The minimum Gasteiger partial charge on any atom is -0.379 e. The molecule has 1 fully saturated rings. The molecule has 4 rings (SSSR count).